The average molecular weight is 368 g/mol. The van der Waals surface area contributed by atoms with Crippen molar-refractivity contribution in [2.45, 2.75) is 24.1 Å². The molecule has 2 aromatic rings. The number of carbonyl (C=O) groups is 1. The van der Waals surface area contributed by atoms with Gasteiger partial charge in [-0.3, -0.25) is 9.69 Å². The molecule has 0 radical (unpaired) electrons. The Morgan fingerprint density at radius 3 is 2.32 bits per heavy atom. The van der Waals surface area contributed by atoms with Crippen LogP contribution in [-0.4, -0.2) is 30.5 Å². The second kappa shape index (κ2) is 6.98. The van der Waals surface area contributed by atoms with Crippen molar-refractivity contribution < 1.29 is 23.0 Å². The first-order valence-electron chi connectivity index (χ1n) is 7.61. The van der Waals surface area contributed by atoms with Crippen LogP contribution in [0, 0.1) is 0 Å². The second-order valence-electron chi connectivity index (χ2n) is 5.61. The molecule has 2 atom stereocenters. The molecule has 1 fully saturated rings. The summed E-state index contributed by atoms with van der Waals surface area (Å²) in [5.41, 5.74) is 1.10. The zero-order chi connectivity index (χ0) is 18.0. The minimum atomic E-state index is -3.62. The zero-order valence-electron chi connectivity index (χ0n) is 13.4. The fourth-order valence-electron chi connectivity index (χ4n) is 2.73. The molecule has 3 rings (SSSR count). The number of benzene rings is 2. The van der Waals surface area contributed by atoms with Gasteiger partial charge in [-0.25, -0.2) is 0 Å². The first-order chi connectivity index (χ1) is 11.9. The van der Waals surface area contributed by atoms with E-state index in [1.807, 2.05) is 6.07 Å². The molecule has 0 aliphatic carbocycles. The lowest BCUT2D eigenvalue weighted by Gasteiger charge is -2.47. The maximum absolute atomic E-state index is 13.9. The Balaban J connectivity index is 1.77. The van der Waals surface area contributed by atoms with Crippen molar-refractivity contribution in [3.8, 4) is 5.75 Å². The van der Waals surface area contributed by atoms with Crippen LogP contribution in [0.5, 0.6) is 5.75 Å². The molecule has 0 bridgehead atoms. The second-order valence-corrected chi connectivity index (χ2v) is 6.11. The third kappa shape index (κ3) is 3.60. The highest BCUT2D eigenvalue weighted by Gasteiger charge is 2.60. The van der Waals surface area contributed by atoms with E-state index in [0.29, 0.717) is 11.4 Å². The van der Waals surface area contributed by atoms with E-state index in [2.05, 4.69) is 0 Å². The monoisotopic (exact) mass is 367 g/mol. The number of alkyl halides is 3. The Morgan fingerprint density at radius 2 is 1.76 bits per heavy atom. The highest BCUT2D eigenvalue weighted by molar-refractivity contribution is 6.24. The van der Waals surface area contributed by atoms with E-state index in [-0.39, 0.29) is 6.61 Å². The molecule has 0 unspecified atom stereocenters. The molecule has 4 nitrogen and oxygen atoms in total. The number of methoxy groups -OCH3 is 1. The SMILES string of the molecule is COc1ccc(N2C(=O)[C@@H](OCc3ccccc3)[C@H]2C(F)(F)Cl)cc1. The van der Waals surface area contributed by atoms with Crippen LogP contribution in [0.3, 0.4) is 0 Å². The summed E-state index contributed by atoms with van der Waals surface area (Å²) in [4.78, 5) is 13.3. The number of carbonyl (C=O) groups excluding carboxylic acids is 1. The van der Waals surface area contributed by atoms with E-state index < -0.39 is 23.4 Å². The fourth-order valence-corrected chi connectivity index (χ4v) is 2.95. The van der Waals surface area contributed by atoms with Gasteiger partial charge in [-0.1, -0.05) is 30.3 Å². The van der Waals surface area contributed by atoms with Gasteiger partial charge >= 0.3 is 5.38 Å². The van der Waals surface area contributed by atoms with Crippen molar-refractivity contribution in [3.63, 3.8) is 0 Å². The molecule has 25 heavy (non-hydrogen) atoms. The van der Waals surface area contributed by atoms with Gasteiger partial charge in [-0.15, -0.1) is 0 Å². The summed E-state index contributed by atoms with van der Waals surface area (Å²) < 4.78 is 38.2. The molecular formula is C18H16ClF2NO3. The van der Waals surface area contributed by atoms with Crippen LogP contribution in [0.25, 0.3) is 0 Å². The van der Waals surface area contributed by atoms with Crippen molar-refractivity contribution in [2.24, 2.45) is 0 Å². The van der Waals surface area contributed by atoms with E-state index in [1.54, 1.807) is 36.4 Å². The predicted molar refractivity (Wildman–Crippen MR) is 90.1 cm³/mol. The lowest BCUT2D eigenvalue weighted by atomic mass is 9.96. The summed E-state index contributed by atoms with van der Waals surface area (Å²) >= 11 is 5.25. The average Bonchev–Trinajstić information content (AvgIpc) is 2.60. The Labute approximate surface area is 148 Å². The summed E-state index contributed by atoms with van der Waals surface area (Å²) in [6, 6.07) is 13.7. The molecular weight excluding hydrogens is 352 g/mol. The van der Waals surface area contributed by atoms with Crippen LogP contribution >= 0.6 is 11.6 Å². The summed E-state index contributed by atoms with van der Waals surface area (Å²) in [6.07, 6.45) is -1.30. The van der Waals surface area contributed by atoms with Gasteiger partial charge in [-0.05, 0) is 41.4 Å². The van der Waals surface area contributed by atoms with Crippen molar-refractivity contribution in [3.05, 3.63) is 60.2 Å². The van der Waals surface area contributed by atoms with Gasteiger partial charge in [0.05, 0.1) is 13.7 Å². The Hall–Kier alpha value is -2.18. The minimum Gasteiger partial charge on any atom is -0.497 e. The number of halogens is 3. The van der Waals surface area contributed by atoms with Crippen molar-refractivity contribution in [1.29, 1.82) is 0 Å². The van der Waals surface area contributed by atoms with Crippen LogP contribution < -0.4 is 9.64 Å². The number of hydrogen-bond donors (Lipinski definition) is 0. The van der Waals surface area contributed by atoms with Crippen molar-refractivity contribution in [1.82, 2.24) is 0 Å². The number of anilines is 1. The highest BCUT2D eigenvalue weighted by Crippen LogP contribution is 2.41. The number of β-lactam (4-membered cyclic amide) rings is 1. The minimum absolute atomic E-state index is 0.0527. The lowest BCUT2D eigenvalue weighted by Crippen LogP contribution is -2.71. The Kier molecular flexibility index (Phi) is 4.92. The summed E-state index contributed by atoms with van der Waals surface area (Å²) in [6.45, 7) is 0.0527. The van der Waals surface area contributed by atoms with Crippen LogP contribution in [0.4, 0.5) is 14.5 Å². The van der Waals surface area contributed by atoms with Crippen molar-refractivity contribution in [2.75, 3.05) is 12.0 Å². The molecule has 0 saturated carbocycles. The molecule has 2 aromatic carbocycles. The largest absolute Gasteiger partial charge is 0.497 e. The highest BCUT2D eigenvalue weighted by atomic mass is 35.5. The molecule has 1 saturated heterocycles. The predicted octanol–water partition coefficient (Wildman–Crippen LogP) is 3.83. The third-order valence-electron chi connectivity index (χ3n) is 4.00. The molecule has 1 aliphatic rings. The number of ether oxygens (including phenoxy) is 2. The van der Waals surface area contributed by atoms with Crippen LogP contribution in [0.15, 0.2) is 54.6 Å². The van der Waals surface area contributed by atoms with E-state index in [1.165, 1.54) is 19.2 Å². The van der Waals surface area contributed by atoms with E-state index in [0.717, 1.165) is 10.5 Å². The van der Waals surface area contributed by atoms with E-state index in [4.69, 9.17) is 21.1 Å². The molecule has 7 heteroatoms. The van der Waals surface area contributed by atoms with Gasteiger partial charge in [0, 0.05) is 5.69 Å². The first-order valence-corrected chi connectivity index (χ1v) is 7.99. The molecule has 1 amide bonds. The quantitative estimate of drug-likeness (QED) is 0.575. The van der Waals surface area contributed by atoms with Crippen LogP contribution in [-0.2, 0) is 16.1 Å². The maximum Gasteiger partial charge on any atom is 0.345 e. The maximum atomic E-state index is 13.9. The van der Waals surface area contributed by atoms with Gasteiger partial charge in [0.2, 0.25) is 0 Å². The van der Waals surface area contributed by atoms with E-state index in [9.17, 15) is 13.6 Å². The number of nitrogens with zero attached hydrogens (tertiary/aromatic N) is 1. The summed E-state index contributed by atoms with van der Waals surface area (Å²) in [5.74, 6) is 0.00852. The lowest BCUT2D eigenvalue weighted by molar-refractivity contribution is -0.153. The van der Waals surface area contributed by atoms with Crippen molar-refractivity contribution >= 4 is 23.2 Å². The zero-order valence-corrected chi connectivity index (χ0v) is 14.1. The summed E-state index contributed by atoms with van der Waals surface area (Å²) in [5, 5.41) is -3.62. The number of rotatable bonds is 6. The molecule has 0 spiro atoms. The van der Waals surface area contributed by atoms with Crippen LogP contribution in [0.2, 0.25) is 0 Å². The molecule has 1 aliphatic heterocycles. The van der Waals surface area contributed by atoms with Gasteiger partial charge in [0.1, 0.15) is 5.75 Å². The smallest absolute Gasteiger partial charge is 0.345 e. The first kappa shape index (κ1) is 17.6. The normalized spacial score (nSPS) is 20.3. The van der Waals surface area contributed by atoms with E-state index >= 15 is 0 Å². The van der Waals surface area contributed by atoms with Gasteiger partial charge < -0.3 is 9.47 Å². The van der Waals surface area contributed by atoms with Crippen LogP contribution in [0.1, 0.15) is 5.56 Å². The Bertz CT molecular complexity index is 734. The Morgan fingerprint density at radius 1 is 1.12 bits per heavy atom. The number of amides is 1. The standard InChI is InChI=1S/C18H16ClF2NO3/c1-24-14-9-7-13(8-10-14)22-16(18(19,20)21)15(17(22)23)25-11-12-5-3-2-4-6-12/h2-10,15-16H,11H2,1H3/t15-,16-/m0/s1. The summed E-state index contributed by atoms with van der Waals surface area (Å²) in [7, 11) is 1.49. The van der Waals surface area contributed by atoms with Gasteiger partial charge in [-0.2, -0.15) is 8.78 Å². The fraction of sp³-hybridized carbons (Fsp3) is 0.278. The molecule has 0 aromatic heterocycles. The molecule has 0 N–H and O–H groups in total. The third-order valence-corrected chi connectivity index (χ3v) is 4.23. The van der Waals surface area contributed by atoms with Gasteiger partial charge in [0.25, 0.3) is 5.91 Å². The molecule has 1 heterocycles. The molecule has 132 valence electrons. The number of hydrogen-bond acceptors (Lipinski definition) is 3. The topological polar surface area (TPSA) is 38.8 Å². The van der Waals surface area contributed by atoms with Gasteiger partial charge in [0.15, 0.2) is 12.1 Å².